The second-order valence-electron chi connectivity index (χ2n) is 5.93. The van der Waals surface area contributed by atoms with Crippen LogP contribution in [0.1, 0.15) is 13.8 Å². The van der Waals surface area contributed by atoms with Gasteiger partial charge in [-0.3, -0.25) is 19.7 Å². The first kappa shape index (κ1) is 24.2. The van der Waals surface area contributed by atoms with E-state index in [1.807, 2.05) is 0 Å². The van der Waals surface area contributed by atoms with E-state index in [0.29, 0.717) is 0 Å². The zero-order valence-corrected chi connectivity index (χ0v) is 17.6. The van der Waals surface area contributed by atoms with E-state index < -0.39 is 49.3 Å². The number of nitro groups is 1. The molecular formula is C18H17N3O10S. The van der Waals surface area contributed by atoms with Crippen molar-refractivity contribution in [1.82, 2.24) is 4.72 Å². The highest BCUT2D eigenvalue weighted by molar-refractivity contribution is 7.90. The predicted molar refractivity (Wildman–Crippen MR) is 108 cm³/mol. The predicted octanol–water partition coefficient (Wildman–Crippen LogP) is 0.618. The lowest BCUT2D eigenvalue weighted by molar-refractivity contribution is -0.382. The highest BCUT2D eigenvalue weighted by atomic mass is 32.2. The maximum Gasteiger partial charge on any atom is 0.397 e. The van der Waals surface area contributed by atoms with Gasteiger partial charge in [-0.15, -0.1) is 0 Å². The number of fused-ring (bicyclic) bond motifs is 1. The topological polar surface area (TPSA) is 188 Å². The van der Waals surface area contributed by atoms with Gasteiger partial charge in [0, 0.05) is 0 Å². The number of nitro benzene ring substituents is 1. The standard InChI is InChI=1S/C18H17N3O10S/c1-3-30-17(24)15(22)19-13-8-5-10-9-11(6-7-12(10)14(13)21(26)27)32(28,29)20-16(23)18(25)31-4-2/h5-9H,3-4H2,1-2H3,(H,19,22)(H,20,23). The van der Waals surface area contributed by atoms with Crippen LogP contribution in [-0.2, 0) is 38.7 Å². The summed E-state index contributed by atoms with van der Waals surface area (Å²) in [5.41, 5.74) is -0.911. The molecule has 0 saturated carbocycles. The summed E-state index contributed by atoms with van der Waals surface area (Å²) in [4.78, 5) is 56.6. The lowest BCUT2D eigenvalue weighted by Crippen LogP contribution is -2.37. The molecule has 170 valence electrons. The third kappa shape index (κ3) is 5.34. The number of benzene rings is 2. The Morgan fingerprint density at radius 2 is 1.56 bits per heavy atom. The van der Waals surface area contributed by atoms with Crippen molar-refractivity contribution in [3.63, 3.8) is 0 Å². The number of anilines is 1. The molecule has 0 saturated heterocycles. The third-order valence-electron chi connectivity index (χ3n) is 3.85. The van der Waals surface area contributed by atoms with Gasteiger partial charge in [0.2, 0.25) is 0 Å². The number of nitrogens with one attached hydrogen (secondary N) is 2. The van der Waals surface area contributed by atoms with Crippen LogP contribution < -0.4 is 10.0 Å². The number of esters is 2. The van der Waals surface area contributed by atoms with Crippen LogP contribution in [0, 0.1) is 10.1 Å². The summed E-state index contributed by atoms with van der Waals surface area (Å²) in [6, 6.07) is 5.43. The molecule has 0 aliphatic heterocycles. The van der Waals surface area contributed by atoms with Gasteiger partial charge in [-0.1, -0.05) is 6.07 Å². The van der Waals surface area contributed by atoms with Crippen LogP contribution in [0.3, 0.4) is 0 Å². The van der Waals surface area contributed by atoms with Gasteiger partial charge >= 0.3 is 29.4 Å². The monoisotopic (exact) mass is 467 g/mol. The van der Waals surface area contributed by atoms with Crippen LogP contribution in [0.2, 0.25) is 0 Å². The molecular weight excluding hydrogens is 450 g/mol. The minimum Gasteiger partial charge on any atom is -0.459 e. The molecule has 0 heterocycles. The lowest BCUT2D eigenvalue weighted by atomic mass is 10.1. The Bertz CT molecular complexity index is 1220. The second-order valence-corrected chi connectivity index (χ2v) is 7.61. The van der Waals surface area contributed by atoms with Crippen molar-refractivity contribution < 1.29 is 42.0 Å². The van der Waals surface area contributed by atoms with E-state index in [-0.39, 0.29) is 29.7 Å². The average molecular weight is 467 g/mol. The largest absolute Gasteiger partial charge is 0.459 e. The molecule has 0 fully saturated rings. The SMILES string of the molecule is CCOC(=O)C(=O)Nc1ccc2cc(S(=O)(=O)NC(=O)C(=O)OCC)ccc2c1[N+](=O)[O-]. The number of sulfonamides is 1. The second kappa shape index (κ2) is 9.82. The summed E-state index contributed by atoms with van der Waals surface area (Å²) in [6.07, 6.45) is 0. The smallest absolute Gasteiger partial charge is 0.397 e. The molecule has 2 aromatic rings. The van der Waals surface area contributed by atoms with E-state index in [4.69, 9.17) is 0 Å². The maximum atomic E-state index is 12.4. The lowest BCUT2D eigenvalue weighted by Gasteiger charge is -2.10. The van der Waals surface area contributed by atoms with Crippen molar-refractivity contribution in [1.29, 1.82) is 0 Å². The number of rotatable bonds is 6. The average Bonchev–Trinajstić information content (AvgIpc) is 2.72. The number of carbonyl (C=O) groups is 4. The van der Waals surface area contributed by atoms with Crippen LogP contribution in [-0.4, -0.2) is 50.3 Å². The Hall–Kier alpha value is -4.07. The van der Waals surface area contributed by atoms with E-state index in [2.05, 4.69) is 14.8 Å². The van der Waals surface area contributed by atoms with E-state index in [9.17, 15) is 37.7 Å². The fourth-order valence-electron chi connectivity index (χ4n) is 2.55. The molecule has 0 aliphatic rings. The molecule has 2 N–H and O–H groups in total. The van der Waals surface area contributed by atoms with Gasteiger partial charge in [0.1, 0.15) is 5.69 Å². The quantitative estimate of drug-likeness (QED) is 0.264. The molecule has 0 aromatic heterocycles. The van der Waals surface area contributed by atoms with Gasteiger partial charge in [-0.25, -0.2) is 22.7 Å². The number of hydrogen-bond acceptors (Lipinski definition) is 10. The molecule has 32 heavy (non-hydrogen) atoms. The highest BCUT2D eigenvalue weighted by Crippen LogP contribution is 2.34. The molecule has 0 radical (unpaired) electrons. The molecule has 2 rings (SSSR count). The fourth-order valence-corrected chi connectivity index (χ4v) is 3.52. The van der Waals surface area contributed by atoms with E-state index >= 15 is 0 Å². The number of ether oxygens (including phenoxy) is 2. The van der Waals surface area contributed by atoms with Gasteiger partial charge in [0.25, 0.3) is 10.0 Å². The molecule has 2 aromatic carbocycles. The number of amides is 2. The van der Waals surface area contributed by atoms with E-state index in [1.165, 1.54) is 24.6 Å². The summed E-state index contributed by atoms with van der Waals surface area (Å²) in [6.45, 7) is 2.70. The number of hydrogen-bond donors (Lipinski definition) is 2. The highest BCUT2D eigenvalue weighted by Gasteiger charge is 2.27. The van der Waals surface area contributed by atoms with Crippen LogP contribution in [0.15, 0.2) is 35.2 Å². The van der Waals surface area contributed by atoms with Crippen LogP contribution >= 0.6 is 0 Å². The van der Waals surface area contributed by atoms with Gasteiger partial charge in [-0.2, -0.15) is 0 Å². The third-order valence-corrected chi connectivity index (χ3v) is 5.18. The minimum atomic E-state index is -4.50. The van der Waals surface area contributed by atoms with E-state index in [0.717, 1.165) is 24.3 Å². The summed E-state index contributed by atoms with van der Waals surface area (Å²) < 4.78 is 35.2. The molecule has 2 amide bonds. The van der Waals surface area contributed by atoms with Crippen molar-refractivity contribution in [2.45, 2.75) is 18.7 Å². The fraction of sp³-hybridized carbons (Fsp3) is 0.222. The Morgan fingerprint density at radius 3 is 2.12 bits per heavy atom. The van der Waals surface area contributed by atoms with Crippen molar-refractivity contribution in [3.8, 4) is 0 Å². The number of nitrogens with zero attached hydrogens (tertiary/aromatic N) is 1. The first-order valence-corrected chi connectivity index (χ1v) is 10.4. The number of carbonyl (C=O) groups excluding carboxylic acids is 4. The van der Waals surface area contributed by atoms with Gasteiger partial charge in [0.05, 0.1) is 28.4 Å². The summed E-state index contributed by atoms with van der Waals surface area (Å²) >= 11 is 0. The Morgan fingerprint density at radius 1 is 0.969 bits per heavy atom. The van der Waals surface area contributed by atoms with Crippen molar-refractivity contribution >= 4 is 55.9 Å². The van der Waals surface area contributed by atoms with Gasteiger partial charge < -0.3 is 14.8 Å². The van der Waals surface area contributed by atoms with Crippen LogP contribution in [0.25, 0.3) is 10.8 Å². The van der Waals surface area contributed by atoms with Gasteiger partial charge in [0.15, 0.2) is 0 Å². The molecule has 14 heteroatoms. The molecule has 0 bridgehead atoms. The molecule has 0 spiro atoms. The first-order valence-electron chi connectivity index (χ1n) is 8.95. The van der Waals surface area contributed by atoms with Crippen LogP contribution in [0.4, 0.5) is 11.4 Å². The zero-order chi connectivity index (χ0) is 24.1. The maximum absolute atomic E-state index is 12.4. The van der Waals surface area contributed by atoms with Crippen LogP contribution in [0.5, 0.6) is 0 Å². The van der Waals surface area contributed by atoms with E-state index in [1.54, 1.807) is 0 Å². The minimum absolute atomic E-state index is 0.0627. The van der Waals surface area contributed by atoms with Crippen molar-refractivity contribution in [2.75, 3.05) is 18.5 Å². The molecule has 0 atom stereocenters. The molecule has 13 nitrogen and oxygen atoms in total. The van der Waals surface area contributed by atoms with Gasteiger partial charge in [-0.05, 0) is 43.5 Å². The normalized spacial score (nSPS) is 10.8. The summed E-state index contributed by atoms with van der Waals surface area (Å²) in [5.74, 6) is -5.36. The Labute approximate surface area is 180 Å². The van der Waals surface area contributed by atoms with Crippen molar-refractivity contribution in [3.05, 3.63) is 40.4 Å². The first-order chi connectivity index (χ1) is 15.0. The Balaban J connectivity index is 2.45. The summed E-state index contributed by atoms with van der Waals surface area (Å²) in [7, 11) is -4.50. The van der Waals surface area contributed by atoms with Crippen molar-refractivity contribution in [2.24, 2.45) is 0 Å². The Kier molecular flexibility index (Phi) is 7.43. The molecule has 0 aliphatic carbocycles. The molecule has 0 unspecified atom stereocenters. The zero-order valence-electron chi connectivity index (χ0n) is 16.7. The summed E-state index contributed by atoms with van der Waals surface area (Å²) in [5, 5.41) is 13.7.